The Morgan fingerprint density at radius 1 is 1.33 bits per heavy atom. The summed E-state index contributed by atoms with van der Waals surface area (Å²) in [6.45, 7) is 2.20. The van der Waals surface area contributed by atoms with E-state index in [1.165, 1.54) is 0 Å². The first-order valence-electron chi connectivity index (χ1n) is 6.22. The molecule has 100 valence electrons. The summed E-state index contributed by atoms with van der Waals surface area (Å²) in [5.74, 6) is 0.249. The monoisotopic (exact) mass is 269 g/mol. The quantitative estimate of drug-likeness (QED) is 0.869. The molecule has 0 spiro atoms. The fourth-order valence-electron chi connectivity index (χ4n) is 2.40. The maximum absolute atomic E-state index is 12.1. The third-order valence-corrected chi connectivity index (χ3v) is 5.04. The zero-order valence-electron chi connectivity index (χ0n) is 10.5. The average molecular weight is 269 g/mol. The molecule has 0 heterocycles. The molecule has 1 aromatic carbocycles. The van der Waals surface area contributed by atoms with Gasteiger partial charge in [-0.15, -0.1) is 0 Å². The van der Waals surface area contributed by atoms with E-state index in [9.17, 15) is 13.5 Å². The number of aryl methyl sites for hydroxylation is 1. The number of aliphatic hydroxyl groups is 1. The second kappa shape index (κ2) is 5.38. The summed E-state index contributed by atoms with van der Waals surface area (Å²) in [4.78, 5) is 0.337. The first kappa shape index (κ1) is 13.5. The molecule has 2 atom stereocenters. The highest BCUT2D eigenvalue weighted by molar-refractivity contribution is 7.89. The van der Waals surface area contributed by atoms with Crippen LogP contribution in [0.5, 0.6) is 0 Å². The zero-order valence-corrected chi connectivity index (χ0v) is 11.3. The van der Waals surface area contributed by atoms with E-state index in [2.05, 4.69) is 4.72 Å². The van der Waals surface area contributed by atoms with E-state index >= 15 is 0 Å². The predicted molar refractivity (Wildman–Crippen MR) is 69.7 cm³/mol. The number of sulfonamides is 1. The highest BCUT2D eigenvalue weighted by atomic mass is 32.2. The molecule has 2 unspecified atom stereocenters. The lowest BCUT2D eigenvalue weighted by atomic mass is 10.1. The van der Waals surface area contributed by atoms with Gasteiger partial charge in [-0.05, 0) is 43.7 Å². The van der Waals surface area contributed by atoms with Crippen LogP contribution in [0.2, 0.25) is 0 Å². The Morgan fingerprint density at radius 2 is 2.06 bits per heavy atom. The van der Waals surface area contributed by atoms with Gasteiger partial charge in [-0.25, -0.2) is 13.1 Å². The van der Waals surface area contributed by atoms with Crippen LogP contribution in [0.4, 0.5) is 0 Å². The zero-order chi connectivity index (χ0) is 13.2. The lowest BCUT2D eigenvalue weighted by Gasteiger charge is -2.12. The normalized spacial score (nSPS) is 24.3. The van der Waals surface area contributed by atoms with Gasteiger partial charge in [0.15, 0.2) is 0 Å². The summed E-state index contributed by atoms with van der Waals surface area (Å²) in [6.07, 6.45) is 2.09. The van der Waals surface area contributed by atoms with Crippen LogP contribution < -0.4 is 4.72 Å². The Hall–Kier alpha value is -0.910. The molecule has 0 bridgehead atoms. The van der Waals surface area contributed by atoms with Crippen molar-refractivity contribution in [2.45, 2.75) is 37.2 Å². The minimum Gasteiger partial charge on any atom is -0.393 e. The van der Waals surface area contributed by atoms with E-state index < -0.39 is 10.0 Å². The predicted octanol–water partition coefficient (Wildman–Crippen LogP) is 1.43. The highest BCUT2D eigenvalue weighted by Crippen LogP contribution is 2.25. The molecular formula is C13H19NO3S. The van der Waals surface area contributed by atoms with E-state index in [4.69, 9.17) is 0 Å². The van der Waals surface area contributed by atoms with Crippen molar-refractivity contribution in [3.63, 3.8) is 0 Å². The summed E-state index contributed by atoms with van der Waals surface area (Å²) in [5.41, 5.74) is 0.747. The lowest BCUT2D eigenvalue weighted by Crippen LogP contribution is -2.29. The molecule has 1 aliphatic carbocycles. The molecule has 0 aliphatic heterocycles. The van der Waals surface area contributed by atoms with Crippen molar-refractivity contribution in [2.75, 3.05) is 6.54 Å². The molecule has 0 amide bonds. The third kappa shape index (κ3) is 3.10. The fraction of sp³-hybridized carbons (Fsp3) is 0.538. The Labute approximate surface area is 108 Å². The molecule has 5 heteroatoms. The number of aliphatic hydroxyl groups excluding tert-OH is 1. The lowest BCUT2D eigenvalue weighted by molar-refractivity contribution is 0.178. The van der Waals surface area contributed by atoms with E-state index in [1.807, 2.05) is 6.07 Å². The van der Waals surface area contributed by atoms with Crippen LogP contribution in [0.25, 0.3) is 0 Å². The van der Waals surface area contributed by atoms with Gasteiger partial charge in [0, 0.05) is 6.54 Å². The van der Waals surface area contributed by atoms with E-state index in [0.717, 1.165) is 18.4 Å². The first-order chi connectivity index (χ1) is 8.49. The van der Waals surface area contributed by atoms with Crippen LogP contribution in [0.1, 0.15) is 24.8 Å². The van der Waals surface area contributed by atoms with Crippen LogP contribution in [0.3, 0.4) is 0 Å². The van der Waals surface area contributed by atoms with Crippen LogP contribution >= 0.6 is 0 Å². The minimum atomic E-state index is -3.43. The van der Waals surface area contributed by atoms with Crippen LogP contribution in [0.15, 0.2) is 29.2 Å². The van der Waals surface area contributed by atoms with Gasteiger partial charge in [0.05, 0.1) is 11.0 Å². The number of hydrogen-bond donors (Lipinski definition) is 2. The van der Waals surface area contributed by atoms with E-state index in [0.29, 0.717) is 17.9 Å². The highest BCUT2D eigenvalue weighted by Gasteiger charge is 2.25. The Balaban J connectivity index is 2.02. The van der Waals surface area contributed by atoms with Crippen molar-refractivity contribution < 1.29 is 13.5 Å². The average Bonchev–Trinajstić information content (AvgIpc) is 2.73. The van der Waals surface area contributed by atoms with Crippen LogP contribution in [0, 0.1) is 12.8 Å². The number of hydrogen-bond acceptors (Lipinski definition) is 3. The minimum absolute atomic E-state index is 0.249. The number of rotatable bonds is 4. The summed E-state index contributed by atoms with van der Waals surface area (Å²) in [5, 5.41) is 9.41. The van der Waals surface area contributed by atoms with Crippen LogP contribution in [-0.4, -0.2) is 26.2 Å². The second-order valence-corrected chi connectivity index (χ2v) is 6.69. The van der Waals surface area contributed by atoms with Gasteiger partial charge < -0.3 is 5.11 Å². The molecule has 0 aromatic heterocycles. The Morgan fingerprint density at radius 3 is 2.67 bits per heavy atom. The van der Waals surface area contributed by atoms with E-state index in [1.54, 1.807) is 25.1 Å². The van der Waals surface area contributed by atoms with Gasteiger partial charge in [-0.2, -0.15) is 0 Å². The summed E-state index contributed by atoms with van der Waals surface area (Å²) < 4.78 is 26.9. The Kier molecular flexibility index (Phi) is 4.04. The molecular weight excluding hydrogens is 250 g/mol. The van der Waals surface area contributed by atoms with Gasteiger partial charge in [0.25, 0.3) is 0 Å². The largest absolute Gasteiger partial charge is 0.393 e. The Bertz CT molecular complexity index is 513. The van der Waals surface area contributed by atoms with E-state index in [-0.39, 0.29) is 12.0 Å². The van der Waals surface area contributed by atoms with Gasteiger partial charge in [-0.1, -0.05) is 18.2 Å². The molecule has 18 heavy (non-hydrogen) atoms. The summed E-state index contributed by atoms with van der Waals surface area (Å²) in [7, 11) is -3.43. The van der Waals surface area contributed by atoms with Crippen molar-refractivity contribution in [2.24, 2.45) is 5.92 Å². The summed E-state index contributed by atoms with van der Waals surface area (Å²) in [6, 6.07) is 6.94. The van der Waals surface area contributed by atoms with Gasteiger partial charge in [-0.3, -0.25) is 0 Å². The van der Waals surface area contributed by atoms with Crippen molar-refractivity contribution >= 4 is 10.0 Å². The van der Waals surface area contributed by atoms with Crippen molar-refractivity contribution in [3.05, 3.63) is 29.8 Å². The maximum Gasteiger partial charge on any atom is 0.240 e. The topological polar surface area (TPSA) is 66.4 Å². The second-order valence-electron chi connectivity index (χ2n) is 4.95. The van der Waals surface area contributed by atoms with Crippen molar-refractivity contribution in [1.82, 2.24) is 4.72 Å². The molecule has 2 N–H and O–H groups in total. The molecule has 1 aromatic rings. The summed E-state index contributed by atoms with van der Waals surface area (Å²) >= 11 is 0. The molecule has 2 rings (SSSR count). The first-order valence-corrected chi connectivity index (χ1v) is 7.71. The third-order valence-electron chi connectivity index (χ3n) is 3.46. The van der Waals surface area contributed by atoms with Gasteiger partial charge in [0.2, 0.25) is 10.0 Å². The molecule has 0 radical (unpaired) electrons. The van der Waals surface area contributed by atoms with Crippen LogP contribution in [-0.2, 0) is 10.0 Å². The molecule has 1 fully saturated rings. The van der Waals surface area contributed by atoms with Gasteiger partial charge >= 0.3 is 0 Å². The molecule has 1 saturated carbocycles. The van der Waals surface area contributed by atoms with Crippen molar-refractivity contribution in [1.29, 1.82) is 0 Å². The maximum atomic E-state index is 12.1. The molecule has 1 aliphatic rings. The SMILES string of the molecule is Cc1ccccc1S(=O)(=O)NCC1CCC(O)C1. The van der Waals surface area contributed by atoms with Crippen molar-refractivity contribution in [3.8, 4) is 0 Å². The fourth-order valence-corrected chi connectivity index (χ4v) is 3.76. The molecule has 4 nitrogen and oxygen atoms in total. The number of benzene rings is 1. The van der Waals surface area contributed by atoms with Gasteiger partial charge in [0.1, 0.15) is 0 Å². The standard InChI is InChI=1S/C13H19NO3S/c1-10-4-2-3-5-13(10)18(16,17)14-9-11-6-7-12(15)8-11/h2-5,11-12,14-15H,6-9H2,1H3. The molecule has 0 saturated heterocycles. The smallest absolute Gasteiger partial charge is 0.240 e. The number of nitrogens with one attached hydrogen (secondary N) is 1.